The maximum absolute atomic E-state index is 2.32. The molecule has 0 unspecified atom stereocenters. The molecule has 0 bridgehead atoms. The van der Waals surface area contributed by atoms with Gasteiger partial charge in [-0.25, -0.2) is 0 Å². The Morgan fingerprint density at radius 3 is 2.08 bits per heavy atom. The van der Waals surface area contributed by atoms with Gasteiger partial charge in [0.05, 0.1) is 0 Å². The summed E-state index contributed by atoms with van der Waals surface area (Å²) in [6, 6.07) is 28.9. The van der Waals surface area contributed by atoms with Crippen LogP contribution in [0.15, 0.2) is 78.9 Å². The molecule has 126 valence electrons. The van der Waals surface area contributed by atoms with Crippen molar-refractivity contribution in [2.24, 2.45) is 0 Å². The van der Waals surface area contributed by atoms with Crippen molar-refractivity contribution in [2.75, 3.05) is 0 Å². The lowest BCUT2D eigenvalue weighted by molar-refractivity contribution is 0.876. The molecule has 26 heavy (non-hydrogen) atoms. The van der Waals surface area contributed by atoms with Gasteiger partial charge >= 0.3 is 0 Å². The summed E-state index contributed by atoms with van der Waals surface area (Å²) < 4.78 is 2.74. The fourth-order valence-electron chi connectivity index (χ4n) is 4.02. The van der Waals surface area contributed by atoms with Gasteiger partial charge in [0.2, 0.25) is 0 Å². The van der Waals surface area contributed by atoms with Gasteiger partial charge in [0.25, 0.3) is 0 Å². The summed E-state index contributed by atoms with van der Waals surface area (Å²) in [4.78, 5) is 0. The number of thiophene rings is 1. The van der Waals surface area contributed by atoms with Crippen LogP contribution in [0.1, 0.15) is 25.3 Å². The van der Waals surface area contributed by atoms with Crippen molar-refractivity contribution in [3.8, 4) is 11.1 Å². The van der Waals surface area contributed by atoms with E-state index in [1.165, 1.54) is 47.6 Å². The predicted molar refractivity (Wildman–Crippen MR) is 116 cm³/mol. The van der Waals surface area contributed by atoms with Gasteiger partial charge in [-0.05, 0) is 33.9 Å². The van der Waals surface area contributed by atoms with E-state index < -0.39 is 0 Å². The Hall–Kier alpha value is -2.64. The first-order chi connectivity index (χ1) is 12.7. The minimum Gasteiger partial charge on any atom is -0.135 e. The zero-order chi connectivity index (χ0) is 17.7. The highest BCUT2D eigenvalue weighted by Gasteiger charge is 2.14. The molecule has 0 nitrogen and oxygen atoms in total. The molecule has 1 heteroatoms. The quantitative estimate of drug-likeness (QED) is 0.302. The third-order valence-corrected chi connectivity index (χ3v) is 6.49. The second-order valence-corrected chi connectivity index (χ2v) is 8.24. The van der Waals surface area contributed by atoms with Crippen molar-refractivity contribution in [3.05, 3.63) is 84.4 Å². The van der Waals surface area contributed by atoms with Gasteiger partial charge in [-0.3, -0.25) is 0 Å². The summed E-state index contributed by atoms with van der Waals surface area (Å²) in [6.45, 7) is 4.54. The molecule has 0 amide bonds. The predicted octanol–water partition coefficient (Wildman–Crippen LogP) is 8.00. The maximum atomic E-state index is 2.32. The van der Waals surface area contributed by atoms with E-state index in [-0.39, 0.29) is 0 Å². The monoisotopic (exact) mass is 352 g/mol. The smallest absolute Gasteiger partial charge is 0.0434 e. The molecule has 0 saturated heterocycles. The molecule has 0 atom stereocenters. The van der Waals surface area contributed by atoms with E-state index in [4.69, 9.17) is 0 Å². The lowest BCUT2D eigenvalue weighted by Gasteiger charge is -2.14. The van der Waals surface area contributed by atoms with Gasteiger partial charge < -0.3 is 0 Å². The highest BCUT2D eigenvalue weighted by Crippen LogP contribution is 2.42. The SMILES string of the molecule is CC(C)c1ccc(-c2cccc3c2sc2ccccc23)c2ccccc12. The van der Waals surface area contributed by atoms with E-state index in [9.17, 15) is 0 Å². The highest BCUT2D eigenvalue weighted by molar-refractivity contribution is 7.26. The van der Waals surface area contributed by atoms with Crippen LogP contribution in [0.2, 0.25) is 0 Å². The van der Waals surface area contributed by atoms with Crippen LogP contribution in [0.4, 0.5) is 0 Å². The zero-order valence-electron chi connectivity index (χ0n) is 15.0. The van der Waals surface area contributed by atoms with Crippen molar-refractivity contribution in [3.63, 3.8) is 0 Å². The fraction of sp³-hybridized carbons (Fsp3) is 0.120. The van der Waals surface area contributed by atoms with Crippen LogP contribution in [0, 0.1) is 0 Å². The topological polar surface area (TPSA) is 0 Å². The summed E-state index contributed by atoms with van der Waals surface area (Å²) in [7, 11) is 0. The summed E-state index contributed by atoms with van der Waals surface area (Å²) in [5, 5.41) is 5.44. The molecular formula is C25H20S. The first-order valence-electron chi connectivity index (χ1n) is 9.16. The van der Waals surface area contributed by atoms with Gasteiger partial charge in [0, 0.05) is 25.7 Å². The van der Waals surface area contributed by atoms with Crippen LogP contribution in [0.5, 0.6) is 0 Å². The fourth-order valence-corrected chi connectivity index (χ4v) is 5.25. The number of benzene rings is 4. The number of hydrogen-bond donors (Lipinski definition) is 0. The number of fused-ring (bicyclic) bond motifs is 4. The molecule has 0 aliphatic heterocycles. The Balaban J connectivity index is 1.88. The Morgan fingerprint density at radius 1 is 0.577 bits per heavy atom. The average molecular weight is 353 g/mol. The molecule has 0 N–H and O–H groups in total. The minimum atomic E-state index is 0.522. The van der Waals surface area contributed by atoms with Crippen LogP contribution in [0.3, 0.4) is 0 Å². The molecule has 4 aromatic carbocycles. The molecule has 0 aliphatic rings. The third kappa shape index (κ3) is 2.28. The van der Waals surface area contributed by atoms with E-state index >= 15 is 0 Å². The van der Waals surface area contributed by atoms with Crippen molar-refractivity contribution >= 4 is 42.3 Å². The lowest BCUT2D eigenvalue weighted by atomic mass is 9.90. The van der Waals surface area contributed by atoms with Crippen molar-refractivity contribution in [2.45, 2.75) is 19.8 Å². The van der Waals surface area contributed by atoms with Gasteiger partial charge in [-0.2, -0.15) is 0 Å². The van der Waals surface area contributed by atoms with Crippen molar-refractivity contribution in [1.29, 1.82) is 0 Å². The largest absolute Gasteiger partial charge is 0.135 e. The first kappa shape index (κ1) is 15.6. The maximum Gasteiger partial charge on any atom is 0.0434 e. The van der Waals surface area contributed by atoms with E-state index in [1.807, 2.05) is 11.3 Å². The Kier molecular flexibility index (Phi) is 3.58. The number of hydrogen-bond acceptors (Lipinski definition) is 1. The summed E-state index contributed by atoms with van der Waals surface area (Å²) in [5.74, 6) is 0.522. The molecule has 5 rings (SSSR count). The van der Waals surface area contributed by atoms with E-state index in [2.05, 4.69) is 92.7 Å². The van der Waals surface area contributed by atoms with Crippen LogP contribution in [-0.2, 0) is 0 Å². The van der Waals surface area contributed by atoms with Gasteiger partial charge in [-0.1, -0.05) is 86.6 Å². The molecule has 5 aromatic rings. The zero-order valence-corrected chi connectivity index (χ0v) is 15.8. The van der Waals surface area contributed by atoms with Gasteiger partial charge in [-0.15, -0.1) is 11.3 Å². The van der Waals surface area contributed by atoms with Crippen molar-refractivity contribution < 1.29 is 0 Å². The molecule has 0 aliphatic carbocycles. The summed E-state index contributed by atoms with van der Waals surface area (Å²) in [5.41, 5.74) is 4.10. The average Bonchev–Trinajstić information content (AvgIpc) is 3.06. The van der Waals surface area contributed by atoms with Gasteiger partial charge in [0.15, 0.2) is 0 Å². The standard InChI is InChI=1S/C25H20S/c1-16(2)17-14-15-20(19-9-4-3-8-18(17)19)22-11-7-12-23-21-10-5-6-13-24(21)26-25(22)23/h3-16H,1-2H3. The normalized spacial score (nSPS) is 11.8. The molecule has 0 spiro atoms. The molecule has 0 saturated carbocycles. The minimum absolute atomic E-state index is 0.522. The second-order valence-electron chi connectivity index (χ2n) is 7.18. The highest BCUT2D eigenvalue weighted by atomic mass is 32.1. The van der Waals surface area contributed by atoms with Crippen LogP contribution < -0.4 is 0 Å². The molecule has 1 aromatic heterocycles. The second kappa shape index (κ2) is 5.96. The van der Waals surface area contributed by atoms with E-state index in [0.29, 0.717) is 5.92 Å². The first-order valence-corrected chi connectivity index (χ1v) is 9.98. The molecular weight excluding hydrogens is 332 g/mol. The molecule has 0 fully saturated rings. The Bertz CT molecular complexity index is 1260. The Labute approximate surface area is 157 Å². The Morgan fingerprint density at radius 2 is 1.27 bits per heavy atom. The number of rotatable bonds is 2. The van der Waals surface area contributed by atoms with Crippen molar-refractivity contribution in [1.82, 2.24) is 0 Å². The molecule has 0 radical (unpaired) electrons. The summed E-state index contributed by atoms with van der Waals surface area (Å²) in [6.07, 6.45) is 0. The van der Waals surface area contributed by atoms with Crippen LogP contribution >= 0.6 is 11.3 Å². The summed E-state index contributed by atoms with van der Waals surface area (Å²) >= 11 is 1.90. The third-order valence-electron chi connectivity index (χ3n) is 5.27. The van der Waals surface area contributed by atoms with Crippen LogP contribution in [-0.4, -0.2) is 0 Å². The van der Waals surface area contributed by atoms with E-state index in [1.54, 1.807) is 0 Å². The molecule has 1 heterocycles. The van der Waals surface area contributed by atoms with Gasteiger partial charge in [0.1, 0.15) is 0 Å². The lowest BCUT2D eigenvalue weighted by Crippen LogP contribution is -1.91. The van der Waals surface area contributed by atoms with Crippen LogP contribution in [0.25, 0.3) is 42.1 Å². The van der Waals surface area contributed by atoms with E-state index in [0.717, 1.165) is 0 Å².